The lowest BCUT2D eigenvalue weighted by Crippen LogP contribution is -2.14. The van der Waals surface area contributed by atoms with Crippen molar-refractivity contribution in [3.63, 3.8) is 0 Å². The molecule has 2 unspecified atom stereocenters. The number of fused-ring (bicyclic) bond motifs is 1. The number of H-pyrrole nitrogens is 1. The topological polar surface area (TPSA) is 89.7 Å². The van der Waals surface area contributed by atoms with Gasteiger partial charge in [-0.1, -0.05) is 6.92 Å². The summed E-state index contributed by atoms with van der Waals surface area (Å²) in [6, 6.07) is 0. The highest BCUT2D eigenvalue weighted by molar-refractivity contribution is 5.81. The number of ether oxygens (including phenoxy) is 1. The number of nitrogens with zero attached hydrogens (tertiary/aromatic N) is 3. The minimum absolute atomic E-state index is 0.241. The summed E-state index contributed by atoms with van der Waals surface area (Å²) in [5.74, 6) is 1.67. The molecular weight excluding hydrogens is 218 g/mol. The molecule has 3 N–H and O–H groups in total. The van der Waals surface area contributed by atoms with E-state index in [1.54, 1.807) is 0 Å². The SMILES string of the molecule is CCC1OCCC1c1nc2ncnc(N)c2[nH]1. The number of anilines is 1. The molecule has 0 aliphatic carbocycles. The Labute approximate surface area is 98.6 Å². The summed E-state index contributed by atoms with van der Waals surface area (Å²) in [6.45, 7) is 2.92. The Balaban J connectivity index is 2.03. The predicted molar refractivity (Wildman–Crippen MR) is 63.5 cm³/mol. The molecule has 0 bridgehead atoms. The van der Waals surface area contributed by atoms with Crippen LogP contribution in [0.4, 0.5) is 5.82 Å². The number of nitrogens with one attached hydrogen (secondary N) is 1. The third-order valence-corrected chi connectivity index (χ3v) is 3.30. The van der Waals surface area contributed by atoms with Gasteiger partial charge in [-0.15, -0.1) is 0 Å². The Bertz CT molecular complexity index is 538. The smallest absolute Gasteiger partial charge is 0.183 e. The van der Waals surface area contributed by atoms with Crippen molar-refractivity contribution in [2.24, 2.45) is 0 Å². The normalized spacial score (nSPS) is 24.5. The Morgan fingerprint density at radius 3 is 3.18 bits per heavy atom. The standard InChI is InChI=1S/C11H15N5O/c1-2-7-6(3-4-17-7)10-15-8-9(12)13-5-14-11(8)16-10/h5-7H,2-4H2,1H3,(H3,12,13,14,15,16). The van der Waals surface area contributed by atoms with Gasteiger partial charge in [-0.3, -0.25) is 0 Å². The first-order valence-electron chi connectivity index (χ1n) is 5.87. The maximum atomic E-state index is 5.78. The van der Waals surface area contributed by atoms with Gasteiger partial charge in [0.15, 0.2) is 11.5 Å². The van der Waals surface area contributed by atoms with Gasteiger partial charge in [-0.25, -0.2) is 15.0 Å². The highest BCUT2D eigenvalue weighted by Gasteiger charge is 2.30. The average Bonchev–Trinajstić information content (AvgIpc) is 2.94. The number of hydrogen-bond donors (Lipinski definition) is 2. The van der Waals surface area contributed by atoms with Crippen LogP contribution in [0.5, 0.6) is 0 Å². The van der Waals surface area contributed by atoms with Gasteiger partial charge in [0.05, 0.1) is 6.10 Å². The molecular formula is C11H15N5O. The van der Waals surface area contributed by atoms with Gasteiger partial charge in [-0.2, -0.15) is 0 Å². The van der Waals surface area contributed by atoms with Gasteiger partial charge in [0, 0.05) is 12.5 Å². The van der Waals surface area contributed by atoms with Crippen LogP contribution in [0, 0.1) is 0 Å². The van der Waals surface area contributed by atoms with Gasteiger partial charge >= 0.3 is 0 Å². The second-order valence-electron chi connectivity index (χ2n) is 4.29. The fourth-order valence-electron chi connectivity index (χ4n) is 2.40. The van der Waals surface area contributed by atoms with Crippen LogP contribution in [-0.2, 0) is 4.74 Å². The lowest BCUT2D eigenvalue weighted by atomic mass is 9.99. The van der Waals surface area contributed by atoms with Crippen LogP contribution in [0.3, 0.4) is 0 Å². The van der Waals surface area contributed by atoms with E-state index in [1.807, 2.05) is 0 Å². The Kier molecular flexibility index (Phi) is 2.44. The van der Waals surface area contributed by atoms with Crippen molar-refractivity contribution in [1.29, 1.82) is 0 Å². The van der Waals surface area contributed by atoms with Crippen molar-refractivity contribution < 1.29 is 4.74 Å². The molecule has 0 amide bonds. The molecule has 0 saturated carbocycles. The molecule has 0 aromatic carbocycles. The minimum Gasteiger partial charge on any atom is -0.382 e. The lowest BCUT2D eigenvalue weighted by molar-refractivity contribution is 0.0996. The molecule has 17 heavy (non-hydrogen) atoms. The van der Waals surface area contributed by atoms with Crippen molar-refractivity contribution in [2.75, 3.05) is 12.3 Å². The molecule has 2 aromatic heterocycles. The molecule has 2 atom stereocenters. The van der Waals surface area contributed by atoms with Gasteiger partial charge in [0.25, 0.3) is 0 Å². The highest BCUT2D eigenvalue weighted by atomic mass is 16.5. The van der Waals surface area contributed by atoms with Crippen LogP contribution >= 0.6 is 0 Å². The fourth-order valence-corrected chi connectivity index (χ4v) is 2.40. The predicted octanol–water partition coefficient (Wildman–Crippen LogP) is 1.22. The molecule has 1 saturated heterocycles. The first-order valence-corrected chi connectivity index (χ1v) is 5.87. The van der Waals surface area contributed by atoms with Crippen LogP contribution in [0.25, 0.3) is 11.2 Å². The number of aromatic nitrogens is 4. The van der Waals surface area contributed by atoms with Crippen molar-refractivity contribution in [1.82, 2.24) is 19.9 Å². The third kappa shape index (κ3) is 1.64. The van der Waals surface area contributed by atoms with E-state index < -0.39 is 0 Å². The van der Waals surface area contributed by atoms with E-state index in [0.717, 1.165) is 30.8 Å². The molecule has 3 heterocycles. The van der Waals surface area contributed by atoms with Gasteiger partial charge in [-0.05, 0) is 12.8 Å². The average molecular weight is 233 g/mol. The molecule has 0 radical (unpaired) electrons. The molecule has 6 heteroatoms. The summed E-state index contributed by atoms with van der Waals surface area (Å²) < 4.78 is 5.67. The Morgan fingerprint density at radius 2 is 2.41 bits per heavy atom. The van der Waals surface area contributed by atoms with Crippen molar-refractivity contribution in [2.45, 2.75) is 31.8 Å². The van der Waals surface area contributed by atoms with E-state index in [9.17, 15) is 0 Å². The second kappa shape index (κ2) is 3.96. The molecule has 3 rings (SSSR count). The van der Waals surface area contributed by atoms with Crippen LogP contribution in [0.15, 0.2) is 6.33 Å². The molecule has 6 nitrogen and oxygen atoms in total. The summed E-state index contributed by atoms with van der Waals surface area (Å²) in [7, 11) is 0. The first-order chi connectivity index (χ1) is 8.29. The molecule has 0 spiro atoms. The summed E-state index contributed by atoms with van der Waals surface area (Å²) in [6.07, 6.45) is 3.66. The molecule has 2 aromatic rings. The number of hydrogen-bond acceptors (Lipinski definition) is 5. The maximum Gasteiger partial charge on any atom is 0.183 e. The number of rotatable bonds is 2. The van der Waals surface area contributed by atoms with Gasteiger partial charge in [0.2, 0.25) is 0 Å². The minimum atomic E-state index is 0.241. The van der Waals surface area contributed by atoms with Crippen molar-refractivity contribution >= 4 is 17.0 Å². The monoisotopic (exact) mass is 233 g/mol. The van der Waals surface area contributed by atoms with E-state index in [4.69, 9.17) is 10.5 Å². The van der Waals surface area contributed by atoms with Crippen LogP contribution in [-0.4, -0.2) is 32.6 Å². The van der Waals surface area contributed by atoms with Crippen molar-refractivity contribution in [3.8, 4) is 0 Å². The molecule has 1 aliphatic heterocycles. The Hall–Kier alpha value is -1.69. The summed E-state index contributed by atoms with van der Waals surface area (Å²) >= 11 is 0. The quantitative estimate of drug-likeness (QED) is 0.813. The fraction of sp³-hybridized carbons (Fsp3) is 0.545. The second-order valence-corrected chi connectivity index (χ2v) is 4.29. The van der Waals surface area contributed by atoms with Crippen LogP contribution < -0.4 is 5.73 Å². The van der Waals surface area contributed by atoms with Crippen LogP contribution in [0.2, 0.25) is 0 Å². The van der Waals surface area contributed by atoms with E-state index in [1.165, 1.54) is 6.33 Å². The highest BCUT2D eigenvalue weighted by Crippen LogP contribution is 2.32. The molecule has 1 fully saturated rings. The maximum absolute atomic E-state index is 5.78. The van der Waals surface area contributed by atoms with Gasteiger partial charge in [0.1, 0.15) is 17.7 Å². The zero-order chi connectivity index (χ0) is 11.8. The van der Waals surface area contributed by atoms with E-state index in [2.05, 4.69) is 26.9 Å². The van der Waals surface area contributed by atoms with Gasteiger partial charge < -0.3 is 15.5 Å². The number of nitrogens with two attached hydrogens (primary N) is 1. The summed E-state index contributed by atoms with van der Waals surface area (Å²) in [5, 5.41) is 0. The van der Waals surface area contributed by atoms with Crippen molar-refractivity contribution in [3.05, 3.63) is 12.2 Å². The zero-order valence-electron chi connectivity index (χ0n) is 9.68. The largest absolute Gasteiger partial charge is 0.382 e. The summed E-state index contributed by atoms with van der Waals surface area (Å²) in [4.78, 5) is 15.8. The summed E-state index contributed by atoms with van der Waals surface area (Å²) in [5.41, 5.74) is 7.14. The molecule has 1 aliphatic rings. The Morgan fingerprint density at radius 1 is 1.53 bits per heavy atom. The van der Waals surface area contributed by atoms with E-state index in [-0.39, 0.29) is 6.10 Å². The number of nitrogen functional groups attached to an aromatic ring is 1. The number of imidazole rings is 1. The lowest BCUT2D eigenvalue weighted by Gasteiger charge is -2.13. The number of aromatic amines is 1. The first kappa shape index (κ1) is 10.5. The van der Waals surface area contributed by atoms with E-state index in [0.29, 0.717) is 17.4 Å². The third-order valence-electron chi connectivity index (χ3n) is 3.30. The zero-order valence-corrected chi connectivity index (χ0v) is 9.68. The van der Waals surface area contributed by atoms with Crippen LogP contribution in [0.1, 0.15) is 31.5 Å². The van der Waals surface area contributed by atoms with E-state index >= 15 is 0 Å². The molecule has 90 valence electrons.